The fourth-order valence-corrected chi connectivity index (χ4v) is 6.18. The van der Waals surface area contributed by atoms with Crippen molar-refractivity contribution < 1.29 is 22.4 Å². The molecule has 224 valence electrons. The smallest absolute Gasteiger partial charge is 0.264 e. The Morgan fingerprint density at radius 3 is 2.07 bits per heavy atom. The van der Waals surface area contributed by atoms with Gasteiger partial charge in [0, 0.05) is 19.5 Å². The highest BCUT2D eigenvalue weighted by molar-refractivity contribution is 7.92. The van der Waals surface area contributed by atoms with Gasteiger partial charge in [0.15, 0.2) is 0 Å². The number of aryl methyl sites for hydroxylation is 1. The summed E-state index contributed by atoms with van der Waals surface area (Å²) < 4.78 is 42.6. The number of carbonyl (C=O) groups is 2. The van der Waals surface area contributed by atoms with Crippen LogP contribution in [0.25, 0.3) is 0 Å². The molecule has 1 atom stereocenters. The van der Waals surface area contributed by atoms with E-state index in [1.54, 1.807) is 18.2 Å². The Labute approximate surface area is 253 Å². The zero-order valence-electron chi connectivity index (χ0n) is 24.3. The Morgan fingerprint density at radius 2 is 1.44 bits per heavy atom. The van der Waals surface area contributed by atoms with E-state index in [0.29, 0.717) is 13.0 Å². The monoisotopic (exact) mass is 601 g/mol. The highest BCUT2D eigenvalue weighted by Crippen LogP contribution is 2.25. The van der Waals surface area contributed by atoms with Gasteiger partial charge in [-0.25, -0.2) is 12.8 Å². The molecule has 0 radical (unpaired) electrons. The number of hydrogen-bond acceptors (Lipinski definition) is 4. The van der Waals surface area contributed by atoms with Gasteiger partial charge in [-0.3, -0.25) is 13.9 Å². The molecule has 0 spiro atoms. The van der Waals surface area contributed by atoms with E-state index in [2.05, 4.69) is 5.32 Å². The quantitative estimate of drug-likeness (QED) is 0.219. The van der Waals surface area contributed by atoms with Crippen molar-refractivity contribution >= 4 is 27.5 Å². The van der Waals surface area contributed by atoms with Crippen LogP contribution in [0.2, 0.25) is 0 Å². The summed E-state index contributed by atoms with van der Waals surface area (Å²) in [4.78, 5) is 29.5. The van der Waals surface area contributed by atoms with Crippen molar-refractivity contribution in [3.8, 4) is 0 Å². The van der Waals surface area contributed by atoms with Gasteiger partial charge in [-0.2, -0.15) is 0 Å². The number of sulfonamides is 1. The largest absolute Gasteiger partial charge is 0.354 e. The van der Waals surface area contributed by atoms with Gasteiger partial charge in [0.2, 0.25) is 11.8 Å². The summed E-state index contributed by atoms with van der Waals surface area (Å²) in [6, 6.07) is 28.7. The van der Waals surface area contributed by atoms with Gasteiger partial charge in [-0.1, -0.05) is 79.7 Å². The molecule has 0 aromatic heterocycles. The van der Waals surface area contributed by atoms with E-state index < -0.39 is 34.3 Å². The van der Waals surface area contributed by atoms with Crippen molar-refractivity contribution in [2.24, 2.45) is 0 Å². The number of rotatable bonds is 13. The Kier molecular flexibility index (Phi) is 10.7. The number of anilines is 1. The van der Waals surface area contributed by atoms with Crippen LogP contribution in [-0.2, 0) is 32.6 Å². The fraction of sp³-hybridized carbons (Fsp3) is 0.235. The molecule has 4 rings (SSSR count). The maximum atomic E-state index is 14.4. The number of carbonyl (C=O) groups excluding carboxylic acids is 2. The maximum Gasteiger partial charge on any atom is 0.264 e. The minimum atomic E-state index is -4.23. The number of nitrogens with zero attached hydrogens (tertiary/aromatic N) is 2. The van der Waals surface area contributed by atoms with Crippen LogP contribution in [0, 0.1) is 12.7 Å². The van der Waals surface area contributed by atoms with Gasteiger partial charge < -0.3 is 10.2 Å². The van der Waals surface area contributed by atoms with Gasteiger partial charge in [-0.05, 0) is 66.4 Å². The third kappa shape index (κ3) is 8.08. The van der Waals surface area contributed by atoms with Crippen molar-refractivity contribution in [2.75, 3.05) is 17.4 Å². The van der Waals surface area contributed by atoms with Crippen LogP contribution in [0.3, 0.4) is 0 Å². The second-order valence-corrected chi connectivity index (χ2v) is 12.1. The molecule has 0 bridgehead atoms. The molecule has 0 saturated carbocycles. The molecule has 4 aromatic carbocycles. The SMILES string of the molecule is CCCNC(=O)[C@@H](Cc1ccccc1)N(Cc1ccccc1C)C(=O)CN(c1ccc(F)cc1)S(=O)(=O)c1ccccc1. The molecule has 0 saturated heterocycles. The minimum Gasteiger partial charge on any atom is -0.354 e. The Morgan fingerprint density at radius 1 is 0.837 bits per heavy atom. The Hall–Kier alpha value is -4.50. The molecule has 0 aliphatic rings. The van der Waals surface area contributed by atoms with Crippen LogP contribution in [0.15, 0.2) is 114 Å². The average molecular weight is 602 g/mol. The molecule has 1 N–H and O–H groups in total. The van der Waals surface area contributed by atoms with Gasteiger partial charge in [-0.15, -0.1) is 0 Å². The minimum absolute atomic E-state index is 0.0147. The van der Waals surface area contributed by atoms with Crippen molar-refractivity contribution in [1.29, 1.82) is 0 Å². The lowest BCUT2D eigenvalue weighted by molar-refractivity contribution is -0.140. The van der Waals surface area contributed by atoms with E-state index in [0.717, 1.165) is 33.1 Å². The summed E-state index contributed by atoms with van der Waals surface area (Å²) in [5, 5.41) is 2.93. The van der Waals surface area contributed by atoms with Crippen LogP contribution in [-0.4, -0.2) is 44.3 Å². The molecule has 0 fully saturated rings. The number of amides is 2. The van der Waals surface area contributed by atoms with Crippen molar-refractivity contribution in [1.82, 2.24) is 10.2 Å². The van der Waals surface area contributed by atoms with Gasteiger partial charge in [0.05, 0.1) is 10.6 Å². The highest BCUT2D eigenvalue weighted by Gasteiger charge is 2.34. The van der Waals surface area contributed by atoms with Crippen LogP contribution in [0.4, 0.5) is 10.1 Å². The maximum absolute atomic E-state index is 14.4. The lowest BCUT2D eigenvalue weighted by Crippen LogP contribution is -2.53. The van der Waals surface area contributed by atoms with Crippen LogP contribution in [0.5, 0.6) is 0 Å². The van der Waals surface area contributed by atoms with Gasteiger partial charge in [0.1, 0.15) is 18.4 Å². The summed E-state index contributed by atoms with van der Waals surface area (Å²) >= 11 is 0. The van der Waals surface area contributed by atoms with Crippen LogP contribution in [0.1, 0.15) is 30.0 Å². The highest BCUT2D eigenvalue weighted by atomic mass is 32.2. The first-order valence-corrected chi connectivity index (χ1v) is 15.6. The second-order valence-electron chi connectivity index (χ2n) is 10.2. The zero-order valence-corrected chi connectivity index (χ0v) is 25.1. The van der Waals surface area contributed by atoms with Crippen molar-refractivity contribution in [3.05, 3.63) is 132 Å². The molecular weight excluding hydrogens is 565 g/mol. The number of halogens is 1. The molecule has 0 unspecified atom stereocenters. The van der Waals surface area contributed by atoms with Crippen LogP contribution >= 0.6 is 0 Å². The third-order valence-corrected chi connectivity index (χ3v) is 8.94. The van der Waals surface area contributed by atoms with Crippen molar-refractivity contribution in [2.45, 2.75) is 44.2 Å². The third-order valence-electron chi connectivity index (χ3n) is 7.15. The molecule has 9 heteroatoms. The van der Waals surface area contributed by atoms with E-state index in [4.69, 9.17) is 0 Å². The predicted octanol–water partition coefficient (Wildman–Crippen LogP) is 5.50. The molecule has 0 aliphatic carbocycles. The van der Waals surface area contributed by atoms with Gasteiger partial charge in [0.25, 0.3) is 10.0 Å². The van der Waals surface area contributed by atoms with Crippen LogP contribution < -0.4 is 9.62 Å². The normalized spacial score (nSPS) is 11.9. The lowest BCUT2D eigenvalue weighted by Gasteiger charge is -2.34. The summed E-state index contributed by atoms with van der Waals surface area (Å²) in [5.74, 6) is -1.43. The van der Waals surface area contributed by atoms with Crippen molar-refractivity contribution in [3.63, 3.8) is 0 Å². The summed E-state index contributed by atoms with van der Waals surface area (Å²) in [6.45, 7) is 3.79. The summed E-state index contributed by atoms with van der Waals surface area (Å²) in [6.07, 6.45) is 0.944. The first-order chi connectivity index (χ1) is 20.7. The standard InChI is InChI=1S/C34H36FN3O4S/c1-3-22-36-34(40)32(23-27-13-6-4-7-14-27)37(24-28-15-11-10-12-26(28)2)33(39)25-38(30-20-18-29(35)19-21-30)43(41,42)31-16-8-5-9-17-31/h4-21,32H,3,22-25H2,1-2H3,(H,36,40)/t32-/m1/s1. The van der Waals surface area contributed by atoms with E-state index in [-0.39, 0.29) is 29.5 Å². The summed E-state index contributed by atoms with van der Waals surface area (Å²) in [7, 11) is -4.23. The first-order valence-electron chi connectivity index (χ1n) is 14.2. The summed E-state index contributed by atoms with van der Waals surface area (Å²) in [5.41, 5.74) is 2.75. The number of hydrogen-bond donors (Lipinski definition) is 1. The molecule has 0 aliphatic heterocycles. The van der Waals surface area contributed by atoms with Gasteiger partial charge >= 0.3 is 0 Å². The van der Waals surface area contributed by atoms with E-state index in [9.17, 15) is 22.4 Å². The molecule has 4 aromatic rings. The molecule has 0 heterocycles. The first kappa shape index (κ1) is 31.4. The van der Waals surface area contributed by atoms with E-state index in [1.807, 2.05) is 68.4 Å². The Bertz CT molecular complexity index is 1610. The molecule has 43 heavy (non-hydrogen) atoms. The second kappa shape index (κ2) is 14.6. The average Bonchev–Trinajstić information content (AvgIpc) is 3.02. The molecule has 7 nitrogen and oxygen atoms in total. The number of benzene rings is 4. The van der Waals surface area contributed by atoms with E-state index >= 15 is 0 Å². The fourth-order valence-electron chi connectivity index (χ4n) is 4.75. The lowest BCUT2D eigenvalue weighted by atomic mass is 10.0. The zero-order chi connectivity index (χ0) is 30.8. The topological polar surface area (TPSA) is 86.8 Å². The molecular formula is C34H36FN3O4S. The predicted molar refractivity (Wildman–Crippen MR) is 166 cm³/mol. The van der Waals surface area contributed by atoms with E-state index in [1.165, 1.54) is 29.2 Å². The number of nitrogens with one attached hydrogen (secondary N) is 1. The Balaban J connectivity index is 1.79. The molecule has 2 amide bonds.